The number of alkyl halides is 1. The normalized spacial score (nSPS) is 15.0. The predicted octanol–water partition coefficient (Wildman–Crippen LogP) is 3.20. The van der Waals surface area contributed by atoms with E-state index in [0.717, 1.165) is 11.2 Å². The van der Waals surface area contributed by atoms with Crippen molar-refractivity contribution in [1.82, 2.24) is 4.90 Å². The van der Waals surface area contributed by atoms with E-state index in [1.807, 2.05) is 0 Å². The minimum atomic E-state index is -3.62. The van der Waals surface area contributed by atoms with Crippen LogP contribution in [0.25, 0.3) is 0 Å². The number of rotatable bonds is 9. The molecule has 0 saturated carbocycles. The van der Waals surface area contributed by atoms with Crippen molar-refractivity contribution in [2.45, 2.75) is 24.7 Å². The summed E-state index contributed by atoms with van der Waals surface area (Å²) in [5.74, 6) is -1.43. The number of carbonyl (C=O) groups excluding carboxylic acids is 3. The van der Waals surface area contributed by atoms with Gasteiger partial charge in [0.15, 0.2) is 11.5 Å². The molecule has 0 spiro atoms. The molecule has 3 amide bonds. The summed E-state index contributed by atoms with van der Waals surface area (Å²) in [6, 6.07) is 8.18. The highest BCUT2D eigenvalue weighted by Crippen LogP contribution is 2.38. The molecule has 2 aromatic carbocycles. The average molecular weight is 553 g/mol. The Bertz CT molecular complexity index is 1240. The van der Waals surface area contributed by atoms with Gasteiger partial charge in [-0.25, -0.2) is 8.42 Å². The third kappa shape index (κ3) is 5.25. The first-order chi connectivity index (χ1) is 16.0. The van der Waals surface area contributed by atoms with E-state index in [4.69, 9.17) is 9.47 Å². The number of nitrogens with one attached hydrogen (secondary N) is 1. The monoisotopic (exact) mass is 552 g/mol. The lowest BCUT2D eigenvalue weighted by Crippen LogP contribution is -2.37. The highest BCUT2D eigenvalue weighted by Gasteiger charge is 2.43. The molecule has 182 valence electrons. The van der Waals surface area contributed by atoms with Crippen LogP contribution in [0.4, 0.5) is 5.69 Å². The molecule has 0 fully saturated rings. The third-order valence-electron chi connectivity index (χ3n) is 5.21. The standard InChI is InChI=1S/C23H25BrN2O7S/c1-5-33-19-11-14(9-10-18(19)32-3)17(12-34(4,30)31)26-22(28)15-7-6-8-16(20(15)23(26)29)25-21(27)13(2)24/h6-11,13,17H,5,12H2,1-4H3,(H,25,27). The summed E-state index contributed by atoms with van der Waals surface area (Å²) in [5.41, 5.74) is 0.675. The Morgan fingerprint density at radius 2 is 1.85 bits per heavy atom. The number of hydrogen-bond donors (Lipinski definition) is 1. The maximum Gasteiger partial charge on any atom is 0.264 e. The molecule has 2 atom stereocenters. The SMILES string of the molecule is CCOc1cc(C(CS(C)(=O)=O)N2C(=O)c3cccc(NC(=O)C(C)Br)c3C2=O)ccc1OC. The van der Waals surface area contributed by atoms with E-state index in [1.165, 1.54) is 19.2 Å². The van der Waals surface area contributed by atoms with Crippen LogP contribution in [0, 0.1) is 0 Å². The topological polar surface area (TPSA) is 119 Å². The summed E-state index contributed by atoms with van der Waals surface area (Å²) in [5, 5.41) is 2.64. The minimum Gasteiger partial charge on any atom is -0.493 e. The molecule has 1 N–H and O–H groups in total. The molecule has 0 aliphatic carbocycles. The number of fused-ring (bicyclic) bond motifs is 1. The average Bonchev–Trinajstić information content (AvgIpc) is 3.02. The number of halogens is 1. The lowest BCUT2D eigenvalue weighted by Gasteiger charge is -2.27. The van der Waals surface area contributed by atoms with Crippen LogP contribution in [0.5, 0.6) is 11.5 Å². The molecule has 0 saturated heterocycles. The summed E-state index contributed by atoms with van der Waals surface area (Å²) >= 11 is 3.17. The van der Waals surface area contributed by atoms with Gasteiger partial charge in [0.25, 0.3) is 11.8 Å². The molecule has 34 heavy (non-hydrogen) atoms. The molecule has 1 heterocycles. The second kappa shape index (κ2) is 10.1. The highest BCUT2D eigenvalue weighted by molar-refractivity contribution is 9.10. The number of benzene rings is 2. The molecular formula is C23H25BrN2O7S. The number of amides is 3. The van der Waals surface area contributed by atoms with Crippen molar-refractivity contribution >= 4 is 49.2 Å². The van der Waals surface area contributed by atoms with Crippen molar-refractivity contribution in [3.63, 3.8) is 0 Å². The Morgan fingerprint density at radius 3 is 2.44 bits per heavy atom. The number of imide groups is 1. The number of nitrogens with zero attached hydrogens (tertiary/aromatic N) is 1. The van der Waals surface area contributed by atoms with Crippen molar-refractivity contribution in [2.24, 2.45) is 0 Å². The molecule has 0 bridgehead atoms. The van der Waals surface area contributed by atoms with Gasteiger partial charge in [-0.2, -0.15) is 0 Å². The summed E-state index contributed by atoms with van der Waals surface area (Å²) in [6.07, 6.45) is 1.04. The van der Waals surface area contributed by atoms with Crippen LogP contribution in [-0.4, -0.2) is 61.6 Å². The van der Waals surface area contributed by atoms with Crippen molar-refractivity contribution in [3.05, 3.63) is 53.1 Å². The van der Waals surface area contributed by atoms with Crippen LogP contribution in [0.15, 0.2) is 36.4 Å². The highest BCUT2D eigenvalue weighted by atomic mass is 79.9. The molecule has 0 radical (unpaired) electrons. The summed E-state index contributed by atoms with van der Waals surface area (Å²) in [4.78, 5) is 39.5. The number of methoxy groups -OCH3 is 1. The van der Waals surface area contributed by atoms with Crippen molar-refractivity contribution < 1.29 is 32.3 Å². The first-order valence-corrected chi connectivity index (χ1v) is 13.4. The second-order valence-corrected chi connectivity index (χ2v) is 11.3. The van der Waals surface area contributed by atoms with E-state index < -0.39 is 44.2 Å². The molecule has 9 nitrogen and oxygen atoms in total. The fourth-order valence-electron chi connectivity index (χ4n) is 3.70. The molecule has 11 heteroatoms. The third-order valence-corrected chi connectivity index (χ3v) is 6.55. The zero-order valence-corrected chi connectivity index (χ0v) is 21.5. The predicted molar refractivity (Wildman–Crippen MR) is 131 cm³/mol. The summed E-state index contributed by atoms with van der Waals surface area (Å²) in [7, 11) is -2.15. The van der Waals surface area contributed by atoms with Gasteiger partial charge < -0.3 is 14.8 Å². The number of hydrogen-bond acceptors (Lipinski definition) is 7. The molecule has 3 rings (SSSR count). The first-order valence-electron chi connectivity index (χ1n) is 10.4. The van der Waals surface area contributed by atoms with Crippen LogP contribution in [0.2, 0.25) is 0 Å². The molecule has 1 aliphatic heterocycles. The quantitative estimate of drug-likeness (QED) is 0.374. The van der Waals surface area contributed by atoms with Crippen LogP contribution in [0.1, 0.15) is 46.2 Å². The van der Waals surface area contributed by atoms with Crippen molar-refractivity contribution in [1.29, 1.82) is 0 Å². The van der Waals surface area contributed by atoms with Crippen LogP contribution in [0.3, 0.4) is 0 Å². The second-order valence-electron chi connectivity index (χ2n) is 7.77. The molecule has 1 aliphatic rings. The van der Waals surface area contributed by atoms with Gasteiger partial charge in [0, 0.05) is 6.26 Å². The Labute approximate surface area is 206 Å². The molecular weight excluding hydrogens is 528 g/mol. The Morgan fingerprint density at radius 1 is 1.15 bits per heavy atom. The zero-order valence-electron chi connectivity index (χ0n) is 19.1. The van der Waals surface area contributed by atoms with Crippen LogP contribution >= 0.6 is 15.9 Å². The van der Waals surface area contributed by atoms with Gasteiger partial charge in [-0.05, 0) is 43.7 Å². The summed E-state index contributed by atoms with van der Waals surface area (Å²) in [6.45, 7) is 3.74. The smallest absolute Gasteiger partial charge is 0.264 e. The van der Waals surface area contributed by atoms with Gasteiger partial charge in [0.2, 0.25) is 5.91 Å². The van der Waals surface area contributed by atoms with E-state index in [2.05, 4.69) is 21.2 Å². The maximum atomic E-state index is 13.5. The molecule has 2 unspecified atom stereocenters. The molecule has 2 aromatic rings. The lowest BCUT2D eigenvalue weighted by molar-refractivity contribution is -0.115. The number of ether oxygens (including phenoxy) is 2. The van der Waals surface area contributed by atoms with E-state index in [-0.39, 0.29) is 16.8 Å². The Kier molecular flexibility index (Phi) is 7.67. The van der Waals surface area contributed by atoms with Gasteiger partial charge in [0.05, 0.1) is 47.2 Å². The van der Waals surface area contributed by atoms with Crippen molar-refractivity contribution in [3.8, 4) is 11.5 Å². The van der Waals surface area contributed by atoms with Gasteiger partial charge in [-0.1, -0.05) is 28.1 Å². The lowest BCUT2D eigenvalue weighted by atomic mass is 10.1. The van der Waals surface area contributed by atoms with Crippen LogP contribution < -0.4 is 14.8 Å². The van der Waals surface area contributed by atoms with Gasteiger partial charge >= 0.3 is 0 Å². The fraction of sp³-hybridized carbons (Fsp3) is 0.348. The van der Waals surface area contributed by atoms with Crippen LogP contribution in [-0.2, 0) is 14.6 Å². The van der Waals surface area contributed by atoms with Gasteiger partial charge in [0.1, 0.15) is 9.84 Å². The Hall–Kier alpha value is -2.92. The minimum absolute atomic E-state index is 0.0195. The number of anilines is 1. The van der Waals surface area contributed by atoms with Gasteiger partial charge in [-0.3, -0.25) is 19.3 Å². The fourth-order valence-corrected chi connectivity index (χ4v) is 4.73. The van der Waals surface area contributed by atoms with Gasteiger partial charge in [-0.15, -0.1) is 0 Å². The first kappa shape index (κ1) is 25.7. The number of sulfone groups is 1. The van der Waals surface area contributed by atoms with Crippen molar-refractivity contribution in [2.75, 3.05) is 31.0 Å². The maximum absolute atomic E-state index is 13.5. The van der Waals surface area contributed by atoms with E-state index in [0.29, 0.717) is 23.7 Å². The summed E-state index contributed by atoms with van der Waals surface area (Å²) < 4.78 is 35.5. The van der Waals surface area contributed by atoms with E-state index >= 15 is 0 Å². The van der Waals surface area contributed by atoms with E-state index in [1.54, 1.807) is 38.1 Å². The molecule has 0 aromatic heterocycles. The number of carbonyl (C=O) groups is 3. The van der Waals surface area contributed by atoms with E-state index in [9.17, 15) is 22.8 Å². The zero-order chi connectivity index (χ0) is 25.2. The Balaban J connectivity index is 2.11. The largest absolute Gasteiger partial charge is 0.493 e.